The number of hydrogen-bond donors (Lipinski definition) is 1. The van der Waals surface area contributed by atoms with E-state index < -0.39 is 0 Å². The van der Waals surface area contributed by atoms with Crippen LogP contribution in [0.15, 0.2) is 54.7 Å². The van der Waals surface area contributed by atoms with E-state index >= 15 is 0 Å². The van der Waals surface area contributed by atoms with Gasteiger partial charge in [0, 0.05) is 18.8 Å². The molecule has 1 N–H and O–H groups in total. The zero-order chi connectivity index (χ0) is 15.4. The van der Waals surface area contributed by atoms with Crippen molar-refractivity contribution >= 4 is 17.4 Å². The maximum absolute atomic E-state index is 12.9. The van der Waals surface area contributed by atoms with E-state index in [1.807, 2.05) is 18.2 Å². The van der Waals surface area contributed by atoms with Crippen molar-refractivity contribution in [2.75, 3.05) is 5.32 Å². The molecule has 0 aliphatic rings. The normalized spacial score (nSPS) is 10.5. The van der Waals surface area contributed by atoms with Gasteiger partial charge in [-0.3, -0.25) is 4.98 Å². The first kappa shape index (κ1) is 14.4. The Labute approximate surface area is 132 Å². The lowest BCUT2D eigenvalue weighted by molar-refractivity contribution is 0.627. The standard InChI is InChI=1S/C16H12ClFN4/c17-14-9-15(20-10-11-4-6-12(18)7-5-11)22-16(21-14)13-3-1-2-8-19-13/h1-9H,10H2,(H,20,21,22). The van der Waals surface area contributed by atoms with E-state index in [0.29, 0.717) is 29.0 Å². The molecule has 0 saturated heterocycles. The number of anilines is 1. The zero-order valence-corrected chi connectivity index (χ0v) is 12.3. The minimum absolute atomic E-state index is 0.258. The fourth-order valence-corrected chi connectivity index (χ4v) is 2.10. The number of aromatic nitrogens is 3. The van der Waals surface area contributed by atoms with Crippen LogP contribution >= 0.6 is 11.6 Å². The summed E-state index contributed by atoms with van der Waals surface area (Å²) in [4.78, 5) is 12.8. The smallest absolute Gasteiger partial charge is 0.181 e. The molecule has 6 heteroatoms. The van der Waals surface area contributed by atoms with Crippen LogP contribution in [0.3, 0.4) is 0 Å². The third-order valence-corrected chi connectivity index (χ3v) is 3.17. The number of halogens is 2. The van der Waals surface area contributed by atoms with Crippen molar-refractivity contribution in [2.24, 2.45) is 0 Å². The molecule has 0 bridgehead atoms. The molecule has 0 aliphatic carbocycles. The van der Waals surface area contributed by atoms with E-state index in [1.54, 1.807) is 24.4 Å². The number of hydrogen-bond acceptors (Lipinski definition) is 4. The van der Waals surface area contributed by atoms with Gasteiger partial charge < -0.3 is 5.32 Å². The highest BCUT2D eigenvalue weighted by molar-refractivity contribution is 6.29. The molecule has 0 fully saturated rings. The van der Waals surface area contributed by atoms with E-state index in [9.17, 15) is 4.39 Å². The van der Waals surface area contributed by atoms with Crippen LogP contribution in [-0.2, 0) is 6.54 Å². The molecule has 0 atom stereocenters. The molecule has 0 unspecified atom stereocenters. The molecule has 3 aromatic rings. The van der Waals surface area contributed by atoms with Crippen LogP contribution in [0.25, 0.3) is 11.5 Å². The van der Waals surface area contributed by atoms with Crippen molar-refractivity contribution in [3.63, 3.8) is 0 Å². The largest absolute Gasteiger partial charge is 0.366 e. The Morgan fingerprint density at radius 1 is 1.05 bits per heavy atom. The maximum Gasteiger partial charge on any atom is 0.181 e. The molecule has 2 aromatic heterocycles. The monoisotopic (exact) mass is 314 g/mol. The first-order valence-electron chi connectivity index (χ1n) is 6.65. The Morgan fingerprint density at radius 2 is 1.86 bits per heavy atom. The Bertz CT molecular complexity index is 763. The summed E-state index contributed by atoms with van der Waals surface area (Å²) in [7, 11) is 0. The second-order valence-electron chi connectivity index (χ2n) is 4.59. The van der Waals surface area contributed by atoms with Crippen LogP contribution in [0.2, 0.25) is 5.15 Å². The first-order valence-corrected chi connectivity index (χ1v) is 7.03. The zero-order valence-electron chi connectivity index (χ0n) is 11.5. The Kier molecular flexibility index (Phi) is 4.25. The van der Waals surface area contributed by atoms with Crippen LogP contribution < -0.4 is 5.32 Å². The van der Waals surface area contributed by atoms with Gasteiger partial charge in [0.15, 0.2) is 5.82 Å². The van der Waals surface area contributed by atoms with E-state index in [0.717, 1.165) is 5.56 Å². The Balaban J connectivity index is 1.79. The van der Waals surface area contributed by atoms with Gasteiger partial charge in [-0.1, -0.05) is 29.8 Å². The fourth-order valence-electron chi connectivity index (χ4n) is 1.91. The van der Waals surface area contributed by atoms with Crippen LogP contribution in [0.5, 0.6) is 0 Å². The number of nitrogens with one attached hydrogen (secondary N) is 1. The summed E-state index contributed by atoms with van der Waals surface area (Å²) in [6.07, 6.45) is 1.67. The molecule has 3 rings (SSSR count). The van der Waals surface area contributed by atoms with Gasteiger partial charge in [0.05, 0.1) is 0 Å². The molecule has 0 radical (unpaired) electrons. The highest BCUT2D eigenvalue weighted by Crippen LogP contribution is 2.19. The number of benzene rings is 1. The van der Waals surface area contributed by atoms with Gasteiger partial charge in [-0.2, -0.15) is 0 Å². The molecule has 2 heterocycles. The summed E-state index contributed by atoms with van der Waals surface area (Å²) in [6.45, 7) is 0.509. The molecule has 0 saturated carbocycles. The van der Waals surface area contributed by atoms with Crippen molar-refractivity contribution in [1.82, 2.24) is 15.0 Å². The third kappa shape index (κ3) is 3.56. The van der Waals surface area contributed by atoms with Gasteiger partial charge in [-0.25, -0.2) is 14.4 Å². The van der Waals surface area contributed by atoms with Crippen LogP contribution in [-0.4, -0.2) is 15.0 Å². The summed E-state index contributed by atoms with van der Waals surface area (Å²) < 4.78 is 12.9. The topological polar surface area (TPSA) is 50.7 Å². The molecular weight excluding hydrogens is 303 g/mol. The van der Waals surface area contributed by atoms with Crippen LogP contribution in [0.4, 0.5) is 10.2 Å². The molecule has 22 heavy (non-hydrogen) atoms. The quantitative estimate of drug-likeness (QED) is 0.741. The lowest BCUT2D eigenvalue weighted by Crippen LogP contribution is -2.03. The van der Waals surface area contributed by atoms with Gasteiger partial charge >= 0.3 is 0 Å². The highest BCUT2D eigenvalue weighted by Gasteiger charge is 2.06. The number of rotatable bonds is 4. The lowest BCUT2D eigenvalue weighted by Gasteiger charge is -2.08. The predicted molar refractivity (Wildman–Crippen MR) is 84.0 cm³/mol. The lowest BCUT2D eigenvalue weighted by atomic mass is 10.2. The molecular formula is C16H12ClFN4. The molecule has 110 valence electrons. The minimum atomic E-state index is -0.258. The van der Waals surface area contributed by atoms with Crippen LogP contribution in [0.1, 0.15) is 5.56 Å². The summed E-state index contributed by atoms with van der Waals surface area (Å²) in [5.41, 5.74) is 1.59. The van der Waals surface area contributed by atoms with E-state index in [4.69, 9.17) is 11.6 Å². The Hall–Kier alpha value is -2.53. The van der Waals surface area contributed by atoms with Gasteiger partial charge in [0.25, 0.3) is 0 Å². The van der Waals surface area contributed by atoms with Crippen molar-refractivity contribution in [2.45, 2.75) is 6.54 Å². The second kappa shape index (κ2) is 6.49. The first-order chi connectivity index (χ1) is 10.7. The van der Waals surface area contributed by atoms with Crippen molar-refractivity contribution in [1.29, 1.82) is 0 Å². The molecule has 0 amide bonds. The summed E-state index contributed by atoms with van der Waals surface area (Å²) in [5, 5.41) is 3.48. The number of pyridine rings is 1. The third-order valence-electron chi connectivity index (χ3n) is 2.98. The summed E-state index contributed by atoms with van der Waals surface area (Å²) >= 11 is 6.03. The summed E-state index contributed by atoms with van der Waals surface area (Å²) in [5.74, 6) is 0.783. The predicted octanol–water partition coefficient (Wildman–Crippen LogP) is 3.94. The van der Waals surface area contributed by atoms with Crippen molar-refractivity contribution < 1.29 is 4.39 Å². The molecule has 0 spiro atoms. The maximum atomic E-state index is 12.9. The van der Waals surface area contributed by atoms with Crippen molar-refractivity contribution in [3.05, 3.63) is 71.3 Å². The SMILES string of the molecule is Fc1ccc(CNc2cc(Cl)nc(-c3ccccn3)n2)cc1. The van der Waals surface area contributed by atoms with E-state index in [-0.39, 0.29) is 5.82 Å². The van der Waals surface area contributed by atoms with E-state index in [2.05, 4.69) is 20.3 Å². The van der Waals surface area contributed by atoms with Gasteiger partial charge in [-0.05, 0) is 29.8 Å². The molecule has 1 aromatic carbocycles. The Morgan fingerprint density at radius 3 is 2.59 bits per heavy atom. The van der Waals surface area contributed by atoms with E-state index in [1.165, 1.54) is 12.1 Å². The average Bonchev–Trinajstić information content (AvgIpc) is 2.55. The van der Waals surface area contributed by atoms with Gasteiger partial charge in [0.2, 0.25) is 0 Å². The highest BCUT2D eigenvalue weighted by atomic mass is 35.5. The summed E-state index contributed by atoms with van der Waals surface area (Å²) in [6, 6.07) is 13.4. The molecule has 0 aliphatic heterocycles. The molecule has 4 nitrogen and oxygen atoms in total. The fraction of sp³-hybridized carbons (Fsp3) is 0.0625. The van der Waals surface area contributed by atoms with Gasteiger partial charge in [-0.15, -0.1) is 0 Å². The number of nitrogens with zero attached hydrogens (tertiary/aromatic N) is 3. The van der Waals surface area contributed by atoms with Crippen LogP contribution in [0, 0.1) is 5.82 Å². The van der Waals surface area contributed by atoms with Crippen molar-refractivity contribution in [3.8, 4) is 11.5 Å². The minimum Gasteiger partial charge on any atom is -0.366 e. The second-order valence-corrected chi connectivity index (χ2v) is 4.98. The average molecular weight is 315 g/mol. The van der Waals surface area contributed by atoms with Gasteiger partial charge in [0.1, 0.15) is 22.5 Å².